The highest BCUT2D eigenvalue weighted by molar-refractivity contribution is 14.1. The maximum absolute atomic E-state index is 3.98. The fraction of sp³-hybridized carbons (Fsp3) is 0. The molecule has 0 nitrogen and oxygen atoms in total. The van der Waals surface area contributed by atoms with E-state index in [2.05, 4.69) is 130 Å². The molecule has 0 aliphatic heterocycles. The Hall–Kier alpha value is -1.35. The second kappa shape index (κ2) is 7.49. The third-order valence-electron chi connectivity index (χ3n) is 4.19. The van der Waals surface area contributed by atoms with Crippen LogP contribution in [-0.4, -0.2) is 0 Å². The average Bonchev–Trinajstić information content (AvgIpc) is 2.94. The molecule has 0 aliphatic rings. The zero-order valence-corrected chi connectivity index (χ0v) is 18.0. The molecular weight excluding hydrogens is 502 g/mol. The highest BCUT2D eigenvalue weighted by atomic mass is 127. The van der Waals surface area contributed by atoms with Crippen LogP contribution in [0.25, 0.3) is 27.6 Å². The Morgan fingerprint density at radius 1 is 0.600 bits per heavy atom. The van der Waals surface area contributed by atoms with E-state index in [4.69, 9.17) is 0 Å². The van der Waals surface area contributed by atoms with Crippen LogP contribution in [0.5, 0.6) is 0 Å². The third kappa shape index (κ3) is 3.23. The zero-order chi connectivity index (χ0) is 17.2. The predicted octanol–water partition coefficient (Wildman–Crippen LogP) is 8.36. The summed E-state index contributed by atoms with van der Waals surface area (Å²) in [5.74, 6) is 0. The van der Waals surface area contributed by atoms with Gasteiger partial charge in [0.15, 0.2) is 0 Å². The van der Waals surface area contributed by atoms with E-state index in [-0.39, 0.29) is 0 Å². The van der Waals surface area contributed by atoms with Crippen molar-refractivity contribution in [3.05, 3.63) is 98.5 Å². The van der Waals surface area contributed by atoms with Crippen molar-refractivity contribution in [3.8, 4) is 27.6 Å². The lowest BCUT2D eigenvalue weighted by atomic mass is 9.99. The molecule has 0 N–H and O–H groups in total. The van der Waals surface area contributed by atoms with Gasteiger partial charge in [-0.2, -0.15) is 0 Å². The van der Waals surface area contributed by atoms with Crippen molar-refractivity contribution in [2.24, 2.45) is 0 Å². The highest BCUT2D eigenvalue weighted by Gasteiger charge is 2.23. The number of halogens is 2. The van der Waals surface area contributed by atoms with Crippen molar-refractivity contribution in [2.45, 2.75) is 0 Å². The van der Waals surface area contributed by atoms with Gasteiger partial charge < -0.3 is 0 Å². The fourth-order valence-electron chi connectivity index (χ4n) is 3.06. The Bertz CT molecular complexity index is 930. The SMILES string of the molecule is Brc1c(-c2ccccc2)c(-c2ccccc2)c(I)p1-c1ccccc1. The summed E-state index contributed by atoms with van der Waals surface area (Å²) >= 11 is 6.54. The normalized spacial score (nSPS) is 11.5. The summed E-state index contributed by atoms with van der Waals surface area (Å²) in [5.41, 5.74) is 5.23. The molecule has 4 rings (SSSR count). The summed E-state index contributed by atoms with van der Waals surface area (Å²) < 4.78 is 2.74. The molecule has 0 radical (unpaired) electrons. The summed E-state index contributed by atoms with van der Waals surface area (Å²) in [6.07, 6.45) is 0. The Morgan fingerprint density at radius 3 is 1.56 bits per heavy atom. The summed E-state index contributed by atoms with van der Waals surface area (Å²) in [6, 6.07) is 32.2. The van der Waals surface area contributed by atoms with Gasteiger partial charge in [-0.05, 0) is 55.0 Å². The monoisotopic (exact) mass is 516 g/mol. The molecule has 122 valence electrons. The summed E-state index contributed by atoms with van der Waals surface area (Å²) in [4.78, 5) is 0. The minimum atomic E-state index is -0.526. The van der Waals surface area contributed by atoms with Gasteiger partial charge >= 0.3 is 0 Å². The minimum Gasteiger partial charge on any atom is -0.0635 e. The van der Waals surface area contributed by atoms with Gasteiger partial charge in [-0.25, -0.2) is 0 Å². The van der Waals surface area contributed by atoms with Crippen LogP contribution in [-0.2, 0) is 0 Å². The van der Waals surface area contributed by atoms with Gasteiger partial charge in [0.2, 0.25) is 0 Å². The summed E-state index contributed by atoms with van der Waals surface area (Å²) in [7, 11) is -0.526. The van der Waals surface area contributed by atoms with Gasteiger partial charge in [0.05, 0.1) is 4.20 Å². The molecule has 1 aromatic heterocycles. The molecule has 0 fully saturated rings. The molecule has 1 unspecified atom stereocenters. The number of benzene rings is 3. The Morgan fingerprint density at radius 2 is 1.04 bits per heavy atom. The Labute approximate surface area is 171 Å². The molecule has 0 aliphatic carbocycles. The molecule has 25 heavy (non-hydrogen) atoms. The second-order valence-corrected chi connectivity index (χ2v) is 11.2. The first-order valence-electron chi connectivity index (χ1n) is 8.03. The van der Waals surface area contributed by atoms with Crippen LogP contribution in [0, 0.1) is 3.30 Å². The van der Waals surface area contributed by atoms with Gasteiger partial charge in [-0.3, -0.25) is 0 Å². The van der Waals surface area contributed by atoms with Gasteiger partial charge in [0.25, 0.3) is 0 Å². The quantitative estimate of drug-likeness (QED) is 0.240. The van der Waals surface area contributed by atoms with Crippen molar-refractivity contribution in [3.63, 3.8) is 0 Å². The first-order valence-corrected chi connectivity index (χ1v) is 11.2. The zero-order valence-electron chi connectivity index (χ0n) is 13.4. The molecule has 0 saturated heterocycles. The first-order chi connectivity index (χ1) is 12.3. The van der Waals surface area contributed by atoms with E-state index >= 15 is 0 Å². The molecule has 0 bridgehead atoms. The summed E-state index contributed by atoms with van der Waals surface area (Å²) in [5, 5.41) is 1.38. The predicted molar refractivity (Wildman–Crippen MR) is 122 cm³/mol. The van der Waals surface area contributed by atoms with Gasteiger partial charge in [-0.1, -0.05) is 98.5 Å². The van der Waals surface area contributed by atoms with Gasteiger partial charge in [0, 0.05) is 14.4 Å². The van der Waals surface area contributed by atoms with E-state index in [0.717, 1.165) is 0 Å². The molecular formula is C22H15BrIP. The topological polar surface area (TPSA) is 0 Å². The van der Waals surface area contributed by atoms with Crippen molar-refractivity contribution in [1.82, 2.24) is 0 Å². The van der Waals surface area contributed by atoms with E-state index < -0.39 is 7.53 Å². The highest BCUT2D eigenvalue weighted by Crippen LogP contribution is 2.60. The molecule has 1 heterocycles. The van der Waals surface area contributed by atoms with Crippen molar-refractivity contribution in [2.75, 3.05) is 0 Å². The van der Waals surface area contributed by atoms with Crippen molar-refractivity contribution in [1.29, 1.82) is 0 Å². The fourth-order valence-corrected chi connectivity index (χ4v) is 9.79. The lowest BCUT2D eigenvalue weighted by Gasteiger charge is -2.07. The van der Waals surface area contributed by atoms with Crippen molar-refractivity contribution < 1.29 is 0 Å². The molecule has 4 aromatic rings. The molecule has 3 aromatic carbocycles. The van der Waals surface area contributed by atoms with E-state index in [1.165, 1.54) is 35.1 Å². The van der Waals surface area contributed by atoms with Crippen LogP contribution < -0.4 is 0 Å². The van der Waals surface area contributed by atoms with Gasteiger partial charge in [0.1, 0.15) is 0 Å². The third-order valence-corrected chi connectivity index (χ3v) is 9.69. The maximum atomic E-state index is 3.98. The summed E-state index contributed by atoms with van der Waals surface area (Å²) in [6.45, 7) is 0. The van der Waals surface area contributed by atoms with E-state index in [1.54, 1.807) is 0 Å². The lowest BCUT2D eigenvalue weighted by Crippen LogP contribution is -1.82. The Balaban J connectivity index is 2.06. The second-order valence-electron chi connectivity index (χ2n) is 5.73. The average molecular weight is 517 g/mol. The lowest BCUT2D eigenvalue weighted by molar-refractivity contribution is 1.62. The van der Waals surface area contributed by atoms with Gasteiger partial charge in [-0.15, -0.1) is 0 Å². The molecule has 0 saturated carbocycles. The van der Waals surface area contributed by atoms with Crippen LogP contribution >= 0.6 is 46.1 Å². The molecule has 1 atom stereocenters. The van der Waals surface area contributed by atoms with Crippen LogP contribution in [0.3, 0.4) is 0 Å². The number of hydrogen-bond donors (Lipinski definition) is 0. The first kappa shape index (κ1) is 17.1. The van der Waals surface area contributed by atoms with E-state index in [9.17, 15) is 0 Å². The standard InChI is InChI=1S/C22H15BrIP/c23-21-19(16-10-4-1-5-11-16)20(17-12-6-2-7-13-17)22(24)25(21)18-14-8-3-9-15-18/h1-15H. The molecule has 3 heteroatoms. The van der Waals surface area contributed by atoms with Crippen LogP contribution in [0.2, 0.25) is 0 Å². The number of rotatable bonds is 3. The van der Waals surface area contributed by atoms with E-state index in [0.29, 0.717) is 0 Å². The molecule has 0 amide bonds. The Kier molecular flexibility index (Phi) is 5.12. The minimum absolute atomic E-state index is 0.526. The van der Waals surface area contributed by atoms with Crippen LogP contribution in [0.1, 0.15) is 0 Å². The van der Waals surface area contributed by atoms with Crippen LogP contribution in [0.15, 0.2) is 95.2 Å². The maximum Gasteiger partial charge on any atom is 0.0507 e. The molecule has 0 spiro atoms. The van der Waals surface area contributed by atoms with Crippen molar-refractivity contribution >= 4 is 46.1 Å². The van der Waals surface area contributed by atoms with E-state index in [1.807, 2.05) is 0 Å². The van der Waals surface area contributed by atoms with Crippen LogP contribution in [0.4, 0.5) is 0 Å². The smallest absolute Gasteiger partial charge is 0.0507 e. The largest absolute Gasteiger partial charge is 0.0635 e. The number of hydrogen-bond acceptors (Lipinski definition) is 0.